The number of nitrogens with two attached hydrogens (primary N) is 1. The van der Waals surface area contributed by atoms with E-state index in [1.807, 2.05) is 0 Å². The predicted molar refractivity (Wildman–Crippen MR) is 76.4 cm³/mol. The summed E-state index contributed by atoms with van der Waals surface area (Å²) in [6, 6.07) is 8.93. The first-order chi connectivity index (χ1) is 8.13. The Kier molecular flexibility index (Phi) is 6.06. The maximum atomic E-state index is 6.00. The van der Waals surface area contributed by atoms with Crippen LogP contribution in [0.2, 0.25) is 0 Å². The first-order valence-electron chi connectivity index (χ1n) is 6.72. The van der Waals surface area contributed by atoms with Crippen molar-refractivity contribution in [2.75, 3.05) is 11.9 Å². The highest BCUT2D eigenvalue weighted by Crippen LogP contribution is 2.12. The normalized spacial score (nSPS) is 12.8. The minimum atomic E-state index is 0.217. The molecule has 0 aliphatic rings. The second kappa shape index (κ2) is 7.33. The largest absolute Gasteiger partial charge is 0.383 e. The fourth-order valence-electron chi connectivity index (χ4n) is 1.64. The van der Waals surface area contributed by atoms with Crippen LogP contribution in [0.25, 0.3) is 0 Å². The Bertz CT molecular complexity index is 303. The Morgan fingerprint density at radius 2 is 1.82 bits per heavy atom. The molecule has 0 bridgehead atoms. The number of anilines is 1. The van der Waals surface area contributed by atoms with Gasteiger partial charge in [-0.2, -0.15) is 0 Å². The maximum Gasteiger partial charge on any atom is 0.0340 e. The van der Waals surface area contributed by atoms with Gasteiger partial charge in [-0.3, -0.25) is 0 Å². The third-order valence-electron chi connectivity index (χ3n) is 3.17. The Hall–Kier alpha value is -1.02. The van der Waals surface area contributed by atoms with E-state index in [0.717, 1.165) is 6.54 Å². The SMILES string of the molecule is CCCCc1ccc(NCC(N)C(C)C)cc1. The van der Waals surface area contributed by atoms with Crippen LogP contribution in [-0.4, -0.2) is 12.6 Å². The molecule has 0 radical (unpaired) electrons. The van der Waals surface area contributed by atoms with Gasteiger partial charge in [-0.05, 0) is 36.5 Å². The Morgan fingerprint density at radius 1 is 1.18 bits per heavy atom. The van der Waals surface area contributed by atoms with Crippen molar-refractivity contribution in [1.29, 1.82) is 0 Å². The van der Waals surface area contributed by atoms with Crippen LogP contribution in [0.5, 0.6) is 0 Å². The molecule has 0 spiro atoms. The van der Waals surface area contributed by atoms with Crippen LogP contribution in [-0.2, 0) is 6.42 Å². The van der Waals surface area contributed by atoms with Crippen LogP contribution in [0.3, 0.4) is 0 Å². The number of nitrogens with one attached hydrogen (secondary N) is 1. The summed E-state index contributed by atoms with van der Waals surface area (Å²) in [7, 11) is 0. The van der Waals surface area contributed by atoms with Gasteiger partial charge in [-0.25, -0.2) is 0 Å². The molecule has 1 rings (SSSR count). The van der Waals surface area contributed by atoms with E-state index in [1.54, 1.807) is 0 Å². The van der Waals surface area contributed by atoms with Crippen LogP contribution < -0.4 is 11.1 Å². The van der Waals surface area contributed by atoms with Gasteiger partial charge >= 0.3 is 0 Å². The molecule has 0 aliphatic carbocycles. The zero-order valence-electron chi connectivity index (χ0n) is 11.4. The molecule has 0 aromatic heterocycles. The van der Waals surface area contributed by atoms with E-state index >= 15 is 0 Å². The van der Waals surface area contributed by atoms with Gasteiger partial charge in [-0.15, -0.1) is 0 Å². The fourth-order valence-corrected chi connectivity index (χ4v) is 1.64. The van der Waals surface area contributed by atoms with Gasteiger partial charge < -0.3 is 11.1 Å². The lowest BCUT2D eigenvalue weighted by Gasteiger charge is -2.17. The molecule has 0 amide bonds. The van der Waals surface area contributed by atoms with E-state index in [9.17, 15) is 0 Å². The van der Waals surface area contributed by atoms with Crippen LogP contribution in [0.4, 0.5) is 5.69 Å². The smallest absolute Gasteiger partial charge is 0.0340 e. The van der Waals surface area contributed by atoms with Crippen molar-refractivity contribution in [2.24, 2.45) is 11.7 Å². The molecular formula is C15H26N2. The van der Waals surface area contributed by atoms with Crippen molar-refractivity contribution in [1.82, 2.24) is 0 Å². The van der Waals surface area contributed by atoms with Crippen LogP contribution in [0.1, 0.15) is 39.2 Å². The van der Waals surface area contributed by atoms with Gasteiger partial charge in [0.1, 0.15) is 0 Å². The molecule has 0 fully saturated rings. The topological polar surface area (TPSA) is 38.0 Å². The number of aryl methyl sites for hydroxylation is 1. The first kappa shape index (κ1) is 14.0. The molecule has 0 heterocycles. The van der Waals surface area contributed by atoms with E-state index in [1.165, 1.54) is 30.5 Å². The molecular weight excluding hydrogens is 208 g/mol. The average molecular weight is 234 g/mol. The zero-order chi connectivity index (χ0) is 12.7. The third kappa shape index (κ3) is 5.22. The highest BCUT2D eigenvalue weighted by atomic mass is 14.9. The van der Waals surface area contributed by atoms with Crippen molar-refractivity contribution in [3.8, 4) is 0 Å². The molecule has 1 aromatic carbocycles. The minimum Gasteiger partial charge on any atom is -0.383 e. The van der Waals surface area contributed by atoms with E-state index in [-0.39, 0.29) is 6.04 Å². The van der Waals surface area contributed by atoms with E-state index in [2.05, 4.69) is 50.4 Å². The van der Waals surface area contributed by atoms with Crippen LogP contribution in [0, 0.1) is 5.92 Å². The number of hydrogen-bond donors (Lipinski definition) is 2. The molecule has 0 aliphatic heterocycles. The summed E-state index contributed by atoms with van der Waals surface area (Å²) in [6.45, 7) is 7.37. The number of rotatable bonds is 7. The summed E-state index contributed by atoms with van der Waals surface area (Å²) in [6.07, 6.45) is 3.70. The van der Waals surface area contributed by atoms with Gasteiger partial charge in [0.25, 0.3) is 0 Å². The van der Waals surface area contributed by atoms with Gasteiger partial charge in [0.15, 0.2) is 0 Å². The van der Waals surface area contributed by atoms with Crippen molar-refractivity contribution in [2.45, 2.75) is 46.1 Å². The van der Waals surface area contributed by atoms with E-state index in [0.29, 0.717) is 5.92 Å². The molecule has 3 N–H and O–H groups in total. The highest BCUT2D eigenvalue weighted by Gasteiger charge is 2.06. The number of hydrogen-bond acceptors (Lipinski definition) is 2. The van der Waals surface area contributed by atoms with Crippen molar-refractivity contribution in [3.63, 3.8) is 0 Å². The maximum absolute atomic E-state index is 6.00. The summed E-state index contributed by atoms with van der Waals surface area (Å²) in [5.74, 6) is 0.520. The van der Waals surface area contributed by atoms with Crippen LogP contribution in [0.15, 0.2) is 24.3 Å². The van der Waals surface area contributed by atoms with Gasteiger partial charge in [0, 0.05) is 18.3 Å². The Balaban J connectivity index is 2.40. The van der Waals surface area contributed by atoms with E-state index < -0.39 is 0 Å². The molecule has 1 unspecified atom stereocenters. The molecule has 17 heavy (non-hydrogen) atoms. The van der Waals surface area contributed by atoms with E-state index in [4.69, 9.17) is 5.73 Å². The number of unbranched alkanes of at least 4 members (excludes halogenated alkanes) is 1. The standard InChI is InChI=1S/C15H26N2/c1-4-5-6-13-7-9-14(10-8-13)17-11-15(16)12(2)3/h7-10,12,15,17H,4-6,11,16H2,1-3H3. The zero-order valence-corrected chi connectivity index (χ0v) is 11.4. The van der Waals surface area contributed by atoms with Gasteiger partial charge in [-0.1, -0.05) is 39.3 Å². The molecule has 96 valence electrons. The summed E-state index contributed by atoms with van der Waals surface area (Å²) in [5.41, 5.74) is 8.59. The molecule has 0 saturated heterocycles. The predicted octanol–water partition coefficient (Wildman–Crippen LogP) is 3.42. The summed E-state index contributed by atoms with van der Waals surface area (Å²) in [4.78, 5) is 0. The lowest BCUT2D eigenvalue weighted by molar-refractivity contribution is 0.511. The lowest BCUT2D eigenvalue weighted by atomic mass is 10.1. The minimum absolute atomic E-state index is 0.217. The summed E-state index contributed by atoms with van der Waals surface area (Å²) < 4.78 is 0. The molecule has 2 nitrogen and oxygen atoms in total. The first-order valence-corrected chi connectivity index (χ1v) is 6.72. The second-order valence-electron chi connectivity index (χ2n) is 5.09. The van der Waals surface area contributed by atoms with Gasteiger partial charge in [0.2, 0.25) is 0 Å². The number of benzene rings is 1. The molecule has 0 saturated carbocycles. The summed E-state index contributed by atoms with van der Waals surface area (Å²) in [5, 5.41) is 3.38. The van der Waals surface area contributed by atoms with Crippen molar-refractivity contribution < 1.29 is 0 Å². The third-order valence-corrected chi connectivity index (χ3v) is 3.17. The summed E-state index contributed by atoms with van der Waals surface area (Å²) >= 11 is 0. The lowest BCUT2D eigenvalue weighted by Crippen LogP contribution is -2.33. The molecule has 2 heteroatoms. The van der Waals surface area contributed by atoms with Crippen molar-refractivity contribution in [3.05, 3.63) is 29.8 Å². The Morgan fingerprint density at radius 3 is 2.35 bits per heavy atom. The van der Waals surface area contributed by atoms with Crippen molar-refractivity contribution >= 4 is 5.69 Å². The monoisotopic (exact) mass is 234 g/mol. The second-order valence-corrected chi connectivity index (χ2v) is 5.09. The molecule has 1 atom stereocenters. The quantitative estimate of drug-likeness (QED) is 0.758. The fraction of sp³-hybridized carbons (Fsp3) is 0.600. The average Bonchev–Trinajstić information content (AvgIpc) is 2.34. The Labute approximate surface area is 106 Å². The van der Waals surface area contributed by atoms with Gasteiger partial charge in [0.05, 0.1) is 0 Å². The molecule has 1 aromatic rings. The highest BCUT2D eigenvalue weighted by molar-refractivity contribution is 5.44. The van der Waals surface area contributed by atoms with Crippen LogP contribution >= 0.6 is 0 Å².